The molecule has 3 fully saturated rings. The summed E-state index contributed by atoms with van der Waals surface area (Å²) in [5.41, 5.74) is 1.17. The Hall–Kier alpha value is -3.34. The number of carboxylic acids is 1. The number of amides is 1. The van der Waals surface area contributed by atoms with E-state index in [9.17, 15) is 27.9 Å². The zero-order chi connectivity index (χ0) is 27.3. The number of alkyl halides is 3. The normalized spacial score (nSPS) is 20.5. The van der Waals surface area contributed by atoms with Gasteiger partial charge in [0.2, 0.25) is 0 Å². The fourth-order valence-electron chi connectivity index (χ4n) is 6.01. The van der Waals surface area contributed by atoms with Crippen LogP contribution in [0, 0.1) is 0 Å². The van der Waals surface area contributed by atoms with Crippen molar-refractivity contribution in [2.24, 2.45) is 0 Å². The number of carbonyl (C=O) groups excluding carboxylic acids is 1. The smallest absolute Gasteiger partial charge is 0.416 e. The summed E-state index contributed by atoms with van der Waals surface area (Å²) in [4.78, 5) is 29.1. The molecule has 6 rings (SSSR count). The van der Waals surface area contributed by atoms with Crippen LogP contribution in [-0.2, 0) is 6.18 Å². The van der Waals surface area contributed by atoms with Crippen LogP contribution in [-0.4, -0.2) is 57.8 Å². The molecule has 1 atom stereocenters. The molecule has 11 heteroatoms. The Morgan fingerprint density at radius 3 is 2.36 bits per heavy atom. The molecular formula is C28H29F3N4O3S. The highest BCUT2D eigenvalue weighted by Crippen LogP contribution is 2.45. The Balaban J connectivity index is 1.16. The van der Waals surface area contributed by atoms with Gasteiger partial charge in [-0.3, -0.25) is 9.48 Å². The third kappa shape index (κ3) is 5.04. The summed E-state index contributed by atoms with van der Waals surface area (Å²) >= 11 is 1.28. The first kappa shape index (κ1) is 25.9. The van der Waals surface area contributed by atoms with Gasteiger partial charge in [-0.05, 0) is 55.9 Å². The molecule has 3 aliphatic rings. The molecule has 0 spiro atoms. The second-order valence-corrected chi connectivity index (χ2v) is 11.7. The van der Waals surface area contributed by atoms with Crippen LogP contribution >= 0.6 is 11.3 Å². The van der Waals surface area contributed by atoms with E-state index in [-0.39, 0.29) is 35.9 Å². The van der Waals surface area contributed by atoms with E-state index < -0.39 is 17.7 Å². The lowest BCUT2D eigenvalue weighted by molar-refractivity contribution is -0.138. The van der Waals surface area contributed by atoms with Gasteiger partial charge < -0.3 is 14.9 Å². The number of likely N-dealkylation sites (tertiary alicyclic amines) is 1. The van der Waals surface area contributed by atoms with E-state index >= 15 is 0 Å². The van der Waals surface area contributed by atoms with Gasteiger partial charge in [-0.1, -0.05) is 18.2 Å². The van der Waals surface area contributed by atoms with E-state index in [4.69, 9.17) is 0 Å². The van der Waals surface area contributed by atoms with Gasteiger partial charge in [0.25, 0.3) is 5.91 Å². The fraction of sp³-hybridized carbons (Fsp3) is 0.464. The molecule has 4 heterocycles. The number of aromatic carboxylic acids is 1. The van der Waals surface area contributed by atoms with Crippen molar-refractivity contribution < 1.29 is 27.9 Å². The Bertz CT molecular complexity index is 1390. The number of carboxylic acid groups (broad SMARTS) is 1. The maximum atomic E-state index is 13.6. The lowest BCUT2D eigenvalue weighted by atomic mass is 9.93. The van der Waals surface area contributed by atoms with E-state index in [2.05, 4.69) is 10.00 Å². The molecule has 7 nitrogen and oxygen atoms in total. The van der Waals surface area contributed by atoms with Crippen LogP contribution in [0.4, 0.5) is 18.2 Å². The molecule has 0 bridgehead atoms. The molecule has 1 aliphatic carbocycles. The SMILES string of the molecule is O=C(O)c1ccc(N2CCC(n3ncc(C(=O)N4CCC(c5ccccc5C(F)(F)F)C4)c3C3CC3)CC2)s1. The molecule has 0 radical (unpaired) electrons. The van der Waals surface area contributed by atoms with E-state index in [1.165, 1.54) is 23.5 Å². The maximum Gasteiger partial charge on any atom is 0.416 e. The van der Waals surface area contributed by atoms with Crippen molar-refractivity contribution in [3.8, 4) is 0 Å². The molecule has 1 aromatic carbocycles. The van der Waals surface area contributed by atoms with E-state index in [1.807, 2.05) is 10.7 Å². The molecule has 1 amide bonds. The number of hydrogen-bond acceptors (Lipinski definition) is 5. The van der Waals surface area contributed by atoms with Crippen molar-refractivity contribution in [3.05, 3.63) is 69.9 Å². The fourth-order valence-corrected chi connectivity index (χ4v) is 6.91. The summed E-state index contributed by atoms with van der Waals surface area (Å²) in [5, 5.41) is 14.8. The van der Waals surface area contributed by atoms with Crippen molar-refractivity contribution in [2.75, 3.05) is 31.1 Å². The number of benzene rings is 1. The summed E-state index contributed by atoms with van der Waals surface area (Å²) in [7, 11) is 0. The first-order valence-electron chi connectivity index (χ1n) is 13.3. The zero-order valence-electron chi connectivity index (χ0n) is 21.2. The highest BCUT2D eigenvalue weighted by atomic mass is 32.1. The lowest BCUT2D eigenvalue weighted by Gasteiger charge is -2.33. The van der Waals surface area contributed by atoms with Gasteiger partial charge in [0, 0.05) is 38.0 Å². The topological polar surface area (TPSA) is 78.7 Å². The summed E-state index contributed by atoms with van der Waals surface area (Å²) in [6.45, 7) is 2.22. The highest BCUT2D eigenvalue weighted by Gasteiger charge is 2.40. The molecule has 206 valence electrons. The lowest BCUT2D eigenvalue weighted by Crippen LogP contribution is -2.35. The zero-order valence-corrected chi connectivity index (χ0v) is 22.0. The summed E-state index contributed by atoms with van der Waals surface area (Å²) in [6, 6.07) is 9.30. The first-order valence-corrected chi connectivity index (χ1v) is 14.1. The van der Waals surface area contributed by atoms with Crippen molar-refractivity contribution >= 4 is 28.2 Å². The number of carbonyl (C=O) groups is 2. The van der Waals surface area contributed by atoms with Crippen LogP contribution in [0.3, 0.4) is 0 Å². The quantitative estimate of drug-likeness (QED) is 0.401. The number of rotatable bonds is 6. The van der Waals surface area contributed by atoms with Gasteiger partial charge in [-0.2, -0.15) is 18.3 Å². The Morgan fingerprint density at radius 1 is 0.949 bits per heavy atom. The molecule has 2 saturated heterocycles. The molecule has 3 aromatic rings. The van der Waals surface area contributed by atoms with Crippen molar-refractivity contribution in [1.29, 1.82) is 0 Å². The minimum atomic E-state index is -4.42. The van der Waals surface area contributed by atoms with Crippen LogP contribution in [0.5, 0.6) is 0 Å². The molecule has 1 saturated carbocycles. The monoisotopic (exact) mass is 558 g/mol. The number of piperidine rings is 1. The first-order chi connectivity index (χ1) is 18.7. The molecule has 2 aromatic heterocycles. The van der Waals surface area contributed by atoms with Gasteiger partial charge in [0.1, 0.15) is 4.88 Å². The number of hydrogen-bond donors (Lipinski definition) is 1. The standard InChI is InChI=1S/C28H29F3N4O3S/c29-28(30,31)22-4-2-1-3-20(22)18-9-12-34(16-18)26(36)21-15-32-35(25(21)17-5-6-17)19-10-13-33(14-11-19)24-8-7-23(39-24)27(37)38/h1-4,7-8,15,17-19H,5-6,9-14,16H2,(H,37,38). The van der Waals surface area contributed by atoms with Crippen LogP contribution in [0.2, 0.25) is 0 Å². The summed E-state index contributed by atoms with van der Waals surface area (Å²) in [6.07, 6.45) is 1.38. The largest absolute Gasteiger partial charge is 0.477 e. The minimum absolute atomic E-state index is 0.141. The number of nitrogens with zero attached hydrogens (tertiary/aromatic N) is 4. The number of anilines is 1. The summed E-state index contributed by atoms with van der Waals surface area (Å²) < 4.78 is 42.8. The molecule has 1 N–H and O–H groups in total. The second-order valence-electron chi connectivity index (χ2n) is 10.6. The average Bonchev–Trinajstić information content (AvgIpc) is 3.32. The van der Waals surface area contributed by atoms with E-state index in [0.29, 0.717) is 23.4 Å². The number of aromatic nitrogens is 2. The van der Waals surface area contributed by atoms with Crippen LogP contribution in [0.25, 0.3) is 0 Å². The Kier molecular flexibility index (Phi) is 6.65. The van der Waals surface area contributed by atoms with Gasteiger partial charge in [-0.15, -0.1) is 11.3 Å². The Morgan fingerprint density at radius 2 is 1.69 bits per heavy atom. The summed E-state index contributed by atoms with van der Waals surface area (Å²) in [5.74, 6) is -1.14. The van der Waals surface area contributed by atoms with E-state index in [1.54, 1.807) is 23.2 Å². The predicted octanol–water partition coefficient (Wildman–Crippen LogP) is 6.01. The van der Waals surface area contributed by atoms with Gasteiger partial charge >= 0.3 is 12.1 Å². The van der Waals surface area contributed by atoms with Crippen molar-refractivity contribution in [1.82, 2.24) is 14.7 Å². The maximum absolute atomic E-state index is 13.6. The molecule has 39 heavy (non-hydrogen) atoms. The van der Waals surface area contributed by atoms with E-state index in [0.717, 1.165) is 55.5 Å². The molecule has 2 aliphatic heterocycles. The van der Waals surface area contributed by atoms with Crippen molar-refractivity contribution in [2.45, 2.75) is 56.2 Å². The molecular weight excluding hydrogens is 529 g/mol. The van der Waals surface area contributed by atoms with Crippen LogP contribution < -0.4 is 4.90 Å². The highest BCUT2D eigenvalue weighted by molar-refractivity contribution is 7.17. The predicted molar refractivity (Wildman–Crippen MR) is 141 cm³/mol. The van der Waals surface area contributed by atoms with Gasteiger partial charge in [0.15, 0.2) is 0 Å². The van der Waals surface area contributed by atoms with Crippen LogP contribution in [0.1, 0.15) is 86.8 Å². The second kappa shape index (κ2) is 10.0. The minimum Gasteiger partial charge on any atom is -0.477 e. The van der Waals surface area contributed by atoms with Gasteiger partial charge in [0.05, 0.1) is 34.1 Å². The van der Waals surface area contributed by atoms with Crippen LogP contribution in [0.15, 0.2) is 42.6 Å². The van der Waals surface area contributed by atoms with Crippen molar-refractivity contribution in [3.63, 3.8) is 0 Å². The molecule has 1 unspecified atom stereocenters. The third-order valence-corrected chi connectivity index (χ3v) is 9.27. The van der Waals surface area contributed by atoms with Gasteiger partial charge in [-0.25, -0.2) is 4.79 Å². The average molecular weight is 559 g/mol. The number of thiophene rings is 1. The number of halogens is 3. The Labute approximate surface area is 227 Å². The third-order valence-electron chi connectivity index (χ3n) is 8.13.